The van der Waals surface area contributed by atoms with Crippen LogP contribution in [0.25, 0.3) is 0 Å². The predicted octanol–water partition coefficient (Wildman–Crippen LogP) is 0.212. The van der Waals surface area contributed by atoms with Crippen LogP contribution >= 0.6 is 0 Å². The summed E-state index contributed by atoms with van der Waals surface area (Å²) in [5.41, 5.74) is 3.74. The normalized spacial score (nSPS) is 23.0. The smallest absolute Gasteiger partial charge is 0.180 e. The molecule has 0 aliphatic carbocycles. The molecule has 0 aromatic heterocycles. The Kier molecular flexibility index (Phi) is 4.42. The van der Waals surface area contributed by atoms with Gasteiger partial charge in [-0.25, -0.2) is 0 Å². The van der Waals surface area contributed by atoms with Gasteiger partial charge in [-0.15, -0.1) is 0 Å². The fourth-order valence-corrected chi connectivity index (χ4v) is 3.97. The Morgan fingerprint density at radius 2 is 1.83 bits per heavy atom. The van der Waals surface area contributed by atoms with Crippen molar-refractivity contribution in [1.29, 1.82) is 0 Å². The summed E-state index contributed by atoms with van der Waals surface area (Å²) < 4.78 is 12.8. The number of quaternary nitrogens is 1. The lowest BCUT2D eigenvalue weighted by Gasteiger charge is -2.41. The maximum absolute atomic E-state index is 9.57. The zero-order valence-electron chi connectivity index (χ0n) is 14.1. The van der Waals surface area contributed by atoms with Gasteiger partial charge in [0.1, 0.15) is 5.75 Å². The van der Waals surface area contributed by atoms with Crippen molar-refractivity contribution in [2.75, 3.05) is 27.7 Å². The lowest BCUT2D eigenvalue weighted by atomic mass is 9.87. The minimum absolute atomic E-state index is 0. The van der Waals surface area contributed by atoms with Crippen LogP contribution in [0, 0.1) is 0 Å². The third kappa shape index (κ3) is 2.54. The van der Waals surface area contributed by atoms with E-state index in [2.05, 4.69) is 20.2 Å². The van der Waals surface area contributed by atoms with Crippen molar-refractivity contribution in [3.05, 3.63) is 53.1 Å². The van der Waals surface area contributed by atoms with Gasteiger partial charge in [0.2, 0.25) is 0 Å². The number of hydrogen-bond donors (Lipinski definition) is 1. The molecule has 0 bridgehead atoms. The molecule has 4 nitrogen and oxygen atoms in total. The highest BCUT2D eigenvalue weighted by molar-refractivity contribution is 5.56. The van der Waals surface area contributed by atoms with Crippen molar-refractivity contribution in [3.63, 3.8) is 0 Å². The minimum atomic E-state index is -0.0593. The molecule has 2 aliphatic heterocycles. The zero-order chi connectivity index (χ0) is 16.2. The molecule has 4 rings (SSSR count). The van der Waals surface area contributed by atoms with Crippen LogP contribution in [-0.2, 0) is 6.42 Å². The molecular formula is C19H22INO3. The average Bonchev–Trinajstić information content (AvgIpc) is 2.94. The van der Waals surface area contributed by atoms with Gasteiger partial charge in [0.25, 0.3) is 0 Å². The Hall–Kier alpha value is -1.47. The summed E-state index contributed by atoms with van der Waals surface area (Å²) in [7, 11) is 6.21. The number of halogens is 1. The second-order valence-corrected chi connectivity index (χ2v) is 7.00. The van der Waals surface area contributed by atoms with E-state index in [4.69, 9.17) is 9.47 Å². The van der Waals surface area contributed by atoms with Crippen LogP contribution in [0.4, 0.5) is 0 Å². The molecule has 0 radical (unpaired) electrons. The SMILES string of the molecule is COc1ccc2c3c1OC(c1ccc(O)cc1)C3[N+](C)(C)CC2.[I-]. The Balaban J connectivity index is 0.00000169. The van der Waals surface area contributed by atoms with Crippen molar-refractivity contribution >= 4 is 0 Å². The first-order valence-electron chi connectivity index (χ1n) is 7.99. The maximum Gasteiger partial charge on any atom is 0.180 e. The van der Waals surface area contributed by atoms with Crippen LogP contribution in [-0.4, -0.2) is 37.3 Å². The van der Waals surface area contributed by atoms with Crippen LogP contribution in [0.2, 0.25) is 0 Å². The van der Waals surface area contributed by atoms with E-state index in [1.165, 1.54) is 11.1 Å². The maximum atomic E-state index is 9.57. The molecule has 2 aromatic rings. The van der Waals surface area contributed by atoms with Crippen LogP contribution in [0.15, 0.2) is 36.4 Å². The van der Waals surface area contributed by atoms with E-state index >= 15 is 0 Å². The molecule has 2 unspecified atom stereocenters. The molecule has 2 atom stereocenters. The van der Waals surface area contributed by atoms with Gasteiger partial charge in [-0.2, -0.15) is 0 Å². The molecule has 1 N–H and O–H groups in total. The first-order valence-corrected chi connectivity index (χ1v) is 7.99. The number of methoxy groups -OCH3 is 1. The number of hydrogen-bond acceptors (Lipinski definition) is 3. The van der Waals surface area contributed by atoms with Gasteiger partial charge in [-0.1, -0.05) is 18.2 Å². The molecule has 24 heavy (non-hydrogen) atoms. The molecule has 2 aromatic carbocycles. The number of rotatable bonds is 2. The zero-order valence-corrected chi connectivity index (χ0v) is 16.3. The topological polar surface area (TPSA) is 38.7 Å². The van der Waals surface area contributed by atoms with E-state index in [0.717, 1.165) is 34.5 Å². The van der Waals surface area contributed by atoms with Gasteiger partial charge in [0, 0.05) is 6.42 Å². The highest BCUT2D eigenvalue weighted by Crippen LogP contribution is 2.56. The van der Waals surface area contributed by atoms with E-state index in [1.807, 2.05) is 18.2 Å². The average molecular weight is 439 g/mol. The molecule has 128 valence electrons. The van der Waals surface area contributed by atoms with Crippen molar-refractivity contribution in [2.45, 2.75) is 18.6 Å². The van der Waals surface area contributed by atoms with Crippen molar-refractivity contribution < 1.29 is 43.0 Å². The van der Waals surface area contributed by atoms with E-state index in [9.17, 15) is 5.11 Å². The molecule has 0 spiro atoms. The number of benzene rings is 2. The highest BCUT2D eigenvalue weighted by atomic mass is 127. The highest BCUT2D eigenvalue weighted by Gasteiger charge is 2.50. The van der Waals surface area contributed by atoms with Crippen molar-refractivity contribution in [2.24, 2.45) is 0 Å². The molecule has 0 saturated carbocycles. The largest absolute Gasteiger partial charge is 1.00 e. The summed E-state index contributed by atoms with van der Waals surface area (Å²) in [6.45, 7) is 1.08. The van der Waals surface area contributed by atoms with Gasteiger partial charge >= 0.3 is 0 Å². The third-order valence-electron chi connectivity index (χ3n) is 5.23. The fourth-order valence-electron chi connectivity index (χ4n) is 3.97. The monoisotopic (exact) mass is 439 g/mol. The number of phenolic OH excluding ortho intramolecular Hbond substituents is 1. The van der Waals surface area contributed by atoms with Gasteiger partial charge in [0.05, 0.1) is 33.3 Å². The molecule has 2 aliphatic rings. The fraction of sp³-hybridized carbons (Fsp3) is 0.368. The Morgan fingerprint density at radius 3 is 2.50 bits per heavy atom. The Labute approximate surface area is 159 Å². The van der Waals surface area contributed by atoms with Crippen LogP contribution in [0.5, 0.6) is 17.2 Å². The molecule has 0 saturated heterocycles. The van der Waals surface area contributed by atoms with Crippen molar-refractivity contribution in [1.82, 2.24) is 0 Å². The van der Waals surface area contributed by atoms with Gasteiger partial charge in [-0.05, 0) is 29.3 Å². The quantitative estimate of drug-likeness (QED) is 0.538. The lowest BCUT2D eigenvalue weighted by Crippen LogP contribution is -3.00. The summed E-state index contributed by atoms with van der Waals surface area (Å²) in [6.07, 6.45) is 0.998. The molecule has 2 heterocycles. The summed E-state index contributed by atoms with van der Waals surface area (Å²) >= 11 is 0. The van der Waals surface area contributed by atoms with Crippen molar-refractivity contribution in [3.8, 4) is 17.2 Å². The van der Waals surface area contributed by atoms with Gasteiger partial charge in [-0.3, -0.25) is 0 Å². The Bertz CT molecular complexity index is 758. The number of likely N-dealkylation sites (N-methyl/N-ethyl adjacent to an activating group) is 1. The van der Waals surface area contributed by atoms with E-state index < -0.39 is 0 Å². The molecule has 0 fully saturated rings. The van der Waals surface area contributed by atoms with Gasteiger partial charge < -0.3 is 43.0 Å². The number of nitrogens with zero attached hydrogens (tertiary/aromatic N) is 1. The minimum Gasteiger partial charge on any atom is -1.00 e. The van der Waals surface area contributed by atoms with Crippen LogP contribution in [0.3, 0.4) is 0 Å². The lowest BCUT2D eigenvalue weighted by molar-refractivity contribution is -0.925. The molecule has 0 amide bonds. The summed E-state index contributed by atoms with van der Waals surface area (Å²) in [4.78, 5) is 0. The number of phenols is 1. The third-order valence-corrected chi connectivity index (χ3v) is 5.23. The molecular weight excluding hydrogens is 417 g/mol. The number of ether oxygens (including phenoxy) is 2. The summed E-state index contributed by atoms with van der Waals surface area (Å²) in [6, 6.07) is 11.8. The second kappa shape index (κ2) is 6.11. The molecule has 5 heteroatoms. The standard InChI is InChI=1S/C19H21NO3.HI/c1-20(2)11-10-12-6-9-15(22-3)19-16(12)17(20)18(23-19)13-4-7-14(21)8-5-13;/h4-9,17-18H,10-11H2,1-3H3;1H. The van der Waals surface area contributed by atoms with E-state index in [1.54, 1.807) is 19.2 Å². The van der Waals surface area contributed by atoms with E-state index in [0.29, 0.717) is 0 Å². The van der Waals surface area contributed by atoms with Gasteiger partial charge in [0.15, 0.2) is 23.6 Å². The summed E-state index contributed by atoms with van der Waals surface area (Å²) in [5, 5.41) is 9.57. The summed E-state index contributed by atoms with van der Waals surface area (Å²) in [5.74, 6) is 1.97. The first-order chi connectivity index (χ1) is 11.0. The number of aromatic hydroxyl groups is 1. The van der Waals surface area contributed by atoms with Crippen LogP contribution < -0.4 is 33.5 Å². The second-order valence-electron chi connectivity index (χ2n) is 7.00. The predicted molar refractivity (Wildman–Crippen MR) is 87.9 cm³/mol. The first kappa shape index (κ1) is 17.4. The van der Waals surface area contributed by atoms with Crippen LogP contribution in [0.1, 0.15) is 28.8 Å². The van der Waals surface area contributed by atoms with E-state index in [-0.39, 0.29) is 41.9 Å². The Morgan fingerprint density at radius 1 is 1.12 bits per heavy atom.